The third-order valence-electron chi connectivity index (χ3n) is 14.2. The Hall–Kier alpha value is -7.37. The maximum absolute atomic E-state index is 2.89. The van der Waals surface area contributed by atoms with Gasteiger partial charge in [0, 0.05) is 0 Å². The van der Waals surface area contributed by atoms with Crippen molar-refractivity contribution < 1.29 is 0 Å². The van der Waals surface area contributed by atoms with E-state index < -0.39 is 21.6 Å². The lowest BCUT2D eigenvalue weighted by Crippen LogP contribution is -2.74. The van der Waals surface area contributed by atoms with Crippen LogP contribution < -0.4 is 41.5 Å². The van der Waals surface area contributed by atoms with Crippen LogP contribution in [0.25, 0.3) is 11.1 Å². The first-order chi connectivity index (χ1) is 32.0. The number of hydrogen-bond donors (Lipinski definition) is 0. The Bertz CT molecular complexity index is 2800. The lowest BCUT2D eigenvalue weighted by molar-refractivity contribution is 0.769. The Labute approximate surface area is 386 Å². The maximum Gasteiger partial charge on any atom is 0.179 e. The number of aryl methyl sites for hydroxylation is 2. The van der Waals surface area contributed by atoms with Gasteiger partial charge in [-0.25, -0.2) is 0 Å². The fourth-order valence-corrected chi connectivity index (χ4v) is 20.9. The molecule has 10 aromatic rings. The molecule has 0 spiro atoms. The highest BCUT2D eigenvalue weighted by Crippen LogP contribution is 2.56. The summed E-state index contributed by atoms with van der Waals surface area (Å²) < 4.78 is 0. The molecule has 11 rings (SSSR count). The summed E-state index contributed by atoms with van der Waals surface area (Å²) in [5, 5.41) is 11.0. The quantitative estimate of drug-likeness (QED) is 0.0951. The van der Waals surface area contributed by atoms with Gasteiger partial charge in [0.25, 0.3) is 0 Å². The van der Waals surface area contributed by atoms with Crippen LogP contribution >= 0.6 is 0 Å². The summed E-state index contributed by atoms with van der Waals surface area (Å²) in [6.07, 6.45) is 0. The summed E-state index contributed by atoms with van der Waals surface area (Å²) in [5.41, 5.74) is 9.67. The van der Waals surface area contributed by atoms with Gasteiger partial charge < -0.3 is 0 Å². The van der Waals surface area contributed by atoms with Crippen molar-refractivity contribution in [1.29, 1.82) is 0 Å². The second-order valence-electron chi connectivity index (χ2n) is 17.7. The summed E-state index contributed by atoms with van der Waals surface area (Å²) in [6.45, 7) is 4.41. The zero-order chi connectivity index (χ0) is 43.9. The van der Waals surface area contributed by atoms with Crippen LogP contribution in [0.3, 0.4) is 0 Å². The molecule has 0 N–H and O–H groups in total. The summed E-state index contributed by atoms with van der Waals surface area (Å²) in [4.78, 5) is 0. The first-order valence-corrected chi connectivity index (χ1v) is 26.8. The molecular formula is C63H50Si2. The molecule has 0 heterocycles. The molecule has 0 amide bonds. The molecule has 0 aliphatic heterocycles. The Morgan fingerprint density at radius 3 is 0.738 bits per heavy atom. The van der Waals surface area contributed by atoms with Gasteiger partial charge in [0.2, 0.25) is 0 Å². The van der Waals surface area contributed by atoms with Gasteiger partial charge >= 0.3 is 0 Å². The van der Waals surface area contributed by atoms with E-state index in [2.05, 4.69) is 281 Å². The van der Waals surface area contributed by atoms with E-state index in [0.717, 1.165) is 0 Å². The lowest BCUT2D eigenvalue weighted by atomic mass is 9.67. The van der Waals surface area contributed by atoms with Crippen LogP contribution in [-0.4, -0.2) is 16.1 Å². The van der Waals surface area contributed by atoms with Crippen molar-refractivity contribution in [3.05, 3.63) is 300 Å². The van der Waals surface area contributed by atoms with Crippen LogP contribution in [0.5, 0.6) is 0 Å². The molecule has 0 saturated carbocycles. The van der Waals surface area contributed by atoms with E-state index >= 15 is 0 Å². The zero-order valence-corrected chi connectivity index (χ0v) is 38.9. The zero-order valence-electron chi connectivity index (χ0n) is 36.9. The van der Waals surface area contributed by atoms with Gasteiger partial charge in [0.1, 0.15) is 0 Å². The number of benzene rings is 10. The van der Waals surface area contributed by atoms with E-state index in [0.29, 0.717) is 0 Å². The summed E-state index contributed by atoms with van der Waals surface area (Å²) in [6, 6.07) is 102. The fourth-order valence-electron chi connectivity index (χ4n) is 11.3. The molecule has 0 unspecified atom stereocenters. The highest BCUT2D eigenvalue weighted by atomic mass is 28.3. The number of hydrogen-bond acceptors (Lipinski definition) is 0. The van der Waals surface area contributed by atoms with E-state index in [1.807, 2.05) is 0 Å². The van der Waals surface area contributed by atoms with E-state index in [9.17, 15) is 0 Å². The van der Waals surface area contributed by atoms with E-state index in [4.69, 9.17) is 0 Å². The Kier molecular flexibility index (Phi) is 10.3. The van der Waals surface area contributed by atoms with Crippen molar-refractivity contribution in [3.8, 4) is 11.1 Å². The van der Waals surface area contributed by atoms with Crippen molar-refractivity contribution in [1.82, 2.24) is 0 Å². The summed E-state index contributed by atoms with van der Waals surface area (Å²) >= 11 is 0. The lowest BCUT2D eigenvalue weighted by Gasteiger charge is -2.38. The molecule has 10 aromatic carbocycles. The topological polar surface area (TPSA) is 0 Å². The smallest absolute Gasteiger partial charge is 0.0623 e. The maximum atomic E-state index is 2.64. The van der Waals surface area contributed by atoms with Crippen molar-refractivity contribution in [3.63, 3.8) is 0 Å². The van der Waals surface area contributed by atoms with Crippen LogP contribution in [-0.2, 0) is 5.41 Å². The van der Waals surface area contributed by atoms with E-state index in [1.165, 1.54) is 86.0 Å². The largest absolute Gasteiger partial charge is 0.179 e. The molecule has 1 aliphatic carbocycles. The van der Waals surface area contributed by atoms with Crippen LogP contribution in [0.4, 0.5) is 0 Å². The van der Waals surface area contributed by atoms with Gasteiger partial charge in [-0.15, -0.1) is 0 Å². The summed E-state index contributed by atoms with van der Waals surface area (Å²) in [5.74, 6) is 0. The minimum Gasteiger partial charge on any atom is -0.0623 e. The molecule has 0 bridgehead atoms. The second kappa shape index (κ2) is 16.6. The van der Waals surface area contributed by atoms with Crippen LogP contribution in [0.1, 0.15) is 33.4 Å². The minimum absolute atomic E-state index is 0.632. The molecule has 65 heavy (non-hydrogen) atoms. The Morgan fingerprint density at radius 1 is 0.246 bits per heavy atom. The summed E-state index contributed by atoms with van der Waals surface area (Å²) in [7, 11) is -5.79. The average molecular weight is 863 g/mol. The fraction of sp³-hybridized carbons (Fsp3) is 0.0476. The normalized spacial score (nSPS) is 12.9. The van der Waals surface area contributed by atoms with Crippen LogP contribution in [0.15, 0.2) is 267 Å². The van der Waals surface area contributed by atoms with E-state index in [-0.39, 0.29) is 0 Å². The van der Waals surface area contributed by atoms with Gasteiger partial charge in [0.05, 0.1) is 5.41 Å². The third-order valence-corrected chi connectivity index (χ3v) is 23.8. The predicted molar refractivity (Wildman–Crippen MR) is 280 cm³/mol. The first kappa shape index (κ1) is 40.4. The second-order valence-corrected chi connectivity index (χ2v) is 25.3. The van der Waals surface area contributed by atoms with Gasteiger partial charge in [-0.3, -0.25) is 0 Å². The molecule has 0 aromatic heterocycles. The predicted octanol–water partition coefficient (Wildman–Crippen LogP) is 9.42. The van der Waals surface area contributed by atoms with Crippen LogP contribution in [0, 0.1) is 13.8 Å². The van der Waals surface area contributed by atoms with Crippen molar-refractivity contribution in [2.75, 3.05) is 0 Å². The Morgan fingerprint density at radius 2 is 0.492 bits per heavy atom. The van der Waals surface area contributed by atoms with Crippen LogP contribution in [0.2, 0.25) is 0 Å². The van der Waals surface area contributed by atoms with Crippen molar-refractivity contribution >= 4 is 57.6 Å². The molecule has 310 valence electrons. The van der Waals surface area contributed by atoms with Gasteiger partial charge in [-0.05, 0) is 88.7 Å². The Balaban J connectivity index is 1.28. The standard InChI is InChI=1S/C63H50Si2/c1-47-33-37-49(38-34-47)63(50-39-35-48(2)36-40-50)61-45-57(64(51-21-9-3-10-22-51,52-23-11-4-12-24-52)53-25-13-5-14-26-53)41-43-59(61)60-44-42-58(46-62(60)63)65(54-27-15-6-16-28-54,55-29-17-7-18-30-55)56-31-19-8-20-32-56/h3-46H,1-2H3. The van der Waals surface area contributed by atoms with E-state index in [1.54, 1.807) is 0 Å². The van der Waals surface area contributed by atoms with Gasteiger partial charge in [0.15, 0.2) is 16.1 Å². The van der Waals surface area contributed by atoms with Crippen molar-refractivity contribution in [2.24, 2.45) is 0 Å². The SMILES string of the molecule is Cc1ccc(C2(c3ccc(C)cc3)c3cc([Si](c4ccccc4)(c4ccccc4)c4ccccc4)ccc3-c3ccc([Si](c4ccccc4)(c4ccccc4)c4ccccc4)cc32)cc1. The molecule has 2 heteroatoms. The molecule has 0 saturated heterocycles. The highest BCUT2D eigenvalue weighted by Gasteiger charge is 2.50. The van der Waals surface area contributed by atoms with Gasteiger partial charge in [-0.1, -0.05) is 278 Å². The monoisotopic (exact) mass is 862 g/mol. The molecular weight excluding hydrogens is 813 g/mol. The molecule has 0 radical (unpaired) electrons. The molecule has 0 atom stereocenters. The first-order valence-electron chi connectivity index (χ1n) is 22.8. The highest BCUT2D eigenvalue weighted by molar-refractivity contribution is 7.20. The van der Waals surface area contributed by atoms with Gasteiger partial charge in [-0.2, -0.15) is 0 Å². The third kappa shape index (κ3) is 6.39. The minimum atomic E-state index is -2.89. The number of fused-ring (bicyclic) bond motifs is 3. The molecule has 0 nitrogen and oxygen atoms in total. The average Bonchev–Trinajstić information content (AvgIpc) is 3.67. The molecule has 1 aliphatic rings. The number of rotatable bonds is 10. The van der Waals surface area contributed by atoms with Crippen molar-refractivity contribution in [2.45, 2.75) is 19.3 Å². The molecule has 0 fully saturated rings.